The Morgan fingerprint density at radius 2 is 1.84 bits per heavy atom. The normalized spacial score (nSPS) is 20.8. The molecular formula is C18H24F3NO3. The summed E-state index contributed by atoms with van der Waals surface area (Å²) in [4.78, 5) is 13.7. The van der Waals surface area contributed by atoms with Gasteiger partial charge in [-0.3, -0.25) is 0 Å². The fourth-order valence-electron chi connectivity index (χ4n) is 2.89. The van der Waals surface area contributed by atoms with Crippen molar-refractivity contribution in [3.8, 4) is 0 Å². The van der Waals surface area contributed by atoms with Crippen molar-refractivity contribution in [1.29, 1.82) is 0 Å². The van der Waals surface area contributed by atoms with Crippen LogP contribution >= 0.6 is 0 Å². The average molecular weight is 359 g/mol. The van der Waals surface area contributed by atoms with Crippen LogP contribution in [0.25, 0.3) is 0 Å². The van der Waals surface area contributed by atoms with Crippen LogP contribution in [-0.2, 0) is 15.7 Å². The van der Waals surface area contributed by atoms with Crippen LogP contribution in [0.4, 0.5) is 18.0 Å². The second-order valence-electron chi connectivity index (χ2n) is 7.38. The second-order valence-corrected chi connectivity index (χ2v) is 7.38. The third-order valence-corrected chi connectivity index (χ3v) is 4.19. The van der Waals surface area contributed by atoms with E-state index in [0.29, 0.717) is 11.1 Å². The average Bonchev–Trinajstić information content (AvgIpc) is 2.43. The molecular weight excluding hydrogens is 335 g/mol. The molecule has 0 saturated carbocycles. The smallest absolute Gasteiger partial charge is 0.416 e. The lowest BCUT2D eigenvalue weighted by Crippen LogP contribution is -2.40. The zero-order valence-electron chi connectivity index (χ0n) is 15.3. The van der Waals surface area contributed by atoms with Crippen molar-refractivity contribution < 1.29 is 27.4 Å². The van der Waals surface area contributed by atoms with Gasteiger partial charge in [-0.2, -0.15) is 13.2 Å². The summed E-state index contributed by atoms with van der Waals surface area (Å²) in [6, 6.07) is 2.13. The molecule has 0 N–H and O–H groups in total. The number of halogens is 3. The molecule has 140 valence electrons. The van der Waals surface area contributed by atoms with Crippen LogP contribution in [0.15, 0.2) is 12.1 Å². The minimum absolute atomic E-state index is 0.128. The number of benzene rings is 1. The number of amides is 1. The van der Waals surface area contributed by atoms with E-state index in [1.54, 1.807) is 34.7 Å². The first-order valence-electron chi connectivity index (χ1n) is 8.10. The zero-order chi connectivity index (χ0) is 19.2. The molecule has 0 spiro atoms. The topological polar surface area (TPSA) is 38.8 Å². The Kier molecular flexibility index (Phi) is 5.10. The van der Waals surface area contributed by atoms with Crippen LogP contribution in [0.2, 0.25) is 0 Å². The van der Waals surface area contributed by atoms with Gasteiger partial charge in [-0.05, 0) is 57.4 Å². The fourth-order valence-corrected chi connectivity index (χ4v) is 2.89. The highest BCUT2D eigenvalue weighted by molar-refractivity contribution is 5.69. The highest BCUT2D eigenvalue weighted by Crippen LogP contribution is 2.41. The molecule has 25 heavy (non-hydrogen) atoms. The van der Waals surface area contributed by atoms with Gasteiger partial charge in [0.25, 0.3) is 0 Å². The van der Waals surface area contributed by atoms with E-state index in [0.717, 1.165) is 6.07 Å². The number of hydrogen-bond donors (Lipinski definition) is 0. The number of carbonyl (C=O) groups excluding carboxylic acids is 1. The number of alkyl halides is 3. The van der Waals surface area contributed by atoms with Crippen LogP contribution in [-0.4, -0.2) is 30.2 Å². The molecule has 4 nitrogen and oxygen atoms in total. The van der Waals surface area contributed by atoms with Gasteiger partial charge < -0.3 is 14.4 Å². The highest BCUT2D eigenvalue weighted by Gasteiger charge is 2.37. The van der Waals surface area contributed by atoms with Gasteiger partial charge in [-0.15, -0.1) is 0 Å². The van der Waals surface area contributed by atoms with Crippen LogP contribution in [0.3, 0.4) is 0 Å². The van der Waals surface area contributed by atoms with E-state index in [9.17, 15) is 18.0 Å². The quantitative estimate of drug-likeness (QED) is 0.707. The zero-order valence-corrected chi connectivity index (χ0v) is 15.3. The van der Waals surface area contributed by atoms with Crippen LogP contribution < -0.4 is 0 Å². The molecule has 1 aliphatic heterocycles. The number of rotatable bonds is 1. The standard InChI is InChI=1S/C18H24F3NO3/c1-10-7-13-12(8-14(10)18(19,20)21)11(2)24-9-15(13)22(6)16(23)25-17(3,4)5/h7-8,11,15H,9H2,1-6H3/t11-,15?/m0/s1. The van der Waals surface area contributed by atoms with Gasteiger partial charge in [0.2, 0.25) is 0 Å². The van der Waals surface area contributed by atoms with Crippen LogP contribution in [0.1, 0.15) is 62.1 Å². The second kappa shape index (κ2) is 6.52. The molecule has 0 aliphatic carbocycles. The van der Waals surface area contributed by atoms with Crippen LogP contribution in [0, 0.1) is 6.92 Å². The molecule has 1 aromatic carbocycles. The molecule has 1 aliphatic rings. The maximum Gasteiger partial charge on any atom is 0.416 e. The predicted molar refractivity (Wildman–Crippen MR) is 87.3 cm³/mol. The van der Waals surface area contributed by atoms with E-state index in [1.165, 1.54) is 17.9 Å². The minimum atomic E-state index is -4.43. The molecule has 0 aromatic heterocycles. The summed E-state index contributed by atoms with van der Waals surface area (Å²) in [5, 5.41) is 0. The summed E-state index contributed by atoms with van der Waals surface area (Å²) in [5.74, 6) is 0. The molecule has 1 amide bonds. The lowest BCUT2D eigenvalue weighted by Gasteiger charge is -2.37. The van der Waals surface area contributed by atoms with E-state index in [4.69, 9.17) is 9.47 Å². The number of fused-ring (bicyclic) bond motifs is 1. The highest BCUT2D eigenvalue weighted by atomic mass is 19.4. The Morgan fingerprint density at radius 3 is 2.36 bits per heavy atom. The number of carbonyl (C=O) groups is 1. The first-order chi connectivity index (χ1) is 11.3. The largest absolute Gasteiger partial charge is 0.444 e. The Labute approximate surface area is 145 Å². The molecule has 0 radical (unpaired) electrons. The predicted octanol–water partition coefficient (Wildman–Crippen LogP) is 5.01. The summed E-state index contributed by atoms with van der Waals surface area (Å²) < 4.78 is 50.5. The van der Waals surface area contributed by atoms with Gasteiger partial charge in [0.1, 0.15) is 5.60 Å². The van der Waals surface area contributed by atoms with Crippen LogP contribution in [0.5, 0.6) is 0 Å². The Morgan fingerprint density at radius 1 is 1.24 bits per heavy atom. The number of aryl methyl sites for hydroxylation is 1. The molecule has 1 aromatic rings. The molecule has 0 fully saturated rings. The molecule has 0 saturated heterocycles. The third-order valence-electron chi connectivity index (χ3n) is 4.19. The first kappa shape index (κ1) is 19.6. The van der Waals surface area contributed by atoms with Crippen molar-refractivity contribution >= 4 is 6.09 Å². The van der Waals surface area contributed by atoms with Crippen molar-refractivity contribution in [3.05, 3.63) is 34.4 Å². The van der Waals surface area contributed by atoms with Crippen molar-refractivity contribution in [2.45, 2.75) is 58.5 Å². The molecule has 2 rings (SSSR count). The van der Waals surface area contributed by atoms with E-state index in [-0.39, 0.29) is 12.2 Å². The number of nitrogens with zero attached hydrogens (tertiary/aromatic N) is 1. The minimum Gasteiger partial charge on any atom is -0.444 e. The van der Waals surface area contributed by atoms with E-state index in [1.807, 2.05) is 0 Å². The van der Waals surface area contributed by atoms with E-state index >= 15 is 0 Å². The maximum absolute atomic E-state index is 13.2. The Balaban J connectivity index is 2.42. The molecule has 1 heterocycles. The SMILES string of the molecule is Cc1cc2c(cc1C(F)(F)F)[C@H](C)OCC2N(C)C(=O)OC(C)(C)C. The van der Waals surface area contributed by atoms with Gasteiger partial charge in [0, 0.05) is 7.05 Å². The molecule has 1 unspecified atom stereocenters. The van der Waals surface area contributed by atoms with Gasteiger partial charge in [-0.25, -0.2) is 4.79 Å². The number of ether oxygens (including phenoxy) is 2. The van der Waals surface area contributed by atoms with Crippen molar-refractivity contribution in [2.24, 2.45) is 0 Å². The summed E-state index contributed by atoms with van der Waals surface area (Å²) in [6.45, 7) is 8.60. The summed E-state index contributed by atoms with van der Waals surface area (Å²) in [6.07, 6.45) is -5.44. The molecule has 7 heteroatoms. The summed E-state index contributed by atoms with van der Waals surface area (Å²) in [5.41, 5.74) is -0.0973. The fraction of sp³-hybridized carbons (Fsp3) is 0.611. The molecule has 2 atom stereocenters. The van der Waals surface area contributed by atoms with Crippen molar-refractivity contribution in [3.63, 3.8) is 0 Å². The Bertz CT molecular complexity index is 665. The Hall–Kier alpha value is -1.76. The maximum atomic E-state index is 13.2. The lowest BCUT2D eigenvalue weighted by atomic mass is 9.89. The monoisotopic (exact) mass is 359 g/mol. The molecule has 0 bridgehead atoms. The third kappa shape index (κ3) is 4.26. The van der Waals surface area contributed by atoms with Crippen molar-refractivity contribution in [2.75, 3.05) is 13.7 Å². The van der Waals surface area contributed by atoms with Gasteiger partial charge in [0.15, 0.2) is 0 Å². The van der Waals surface area contributed by atoms with E-state index in [2.05, 4.69) is 0 Å². The van der Waals surface area contributed by atoms with E-state index < -0.39 is 35.6 Å². The van der Waals surface area contributed by atoms with Gasteiger partial charge in [0.05, 0.1) is 24.3 Å². The first-order valence-corrected chi connectivity index (χ1v) is 8.10. The lowest BCUT2D eigenvalue weighted by molar-refractivity contribution is -0.138. The van der Waals surface area contributed by atoms with Gasteiger partial charge in [-0.1, -0.05) is 6.07 Å². The van der Waals surface area contributed by atoms with Gasteiger partial charge >= 0.3 is 12.3 Å². The summed E-state index contributed by atoms with van der Waals surface area (Å²) in [7, 11) is 1.56. The summed E-state index contributed by atoms with van der Waals surface area (Å²) >= 11 is 0. The van der Waals surface area contributed by atoms with Crippen molar-refractivity contribution in [1.82, 2.24) is 4.90 Å². The number of likely N-dealkylation sites (N-methyl/N-ethyl adjacent to an activating group) is 1. The number of hydrogen-bond acceptors (Lipinski definition) is 3.